The first-order chi connectivity index (χ1) is 16.3. The Morgan fingerprint density at radius 2 is 1.94 bits per heavy atom. The fourth-order valence-electron chi connectivity index (χ4n) is 4.03. The second-order valence-electron chi connectivity index (χ2n) is 8.07. The highest BCUT2D eigenvalue weighted by molar-refractivity contribution is 6.51. The number of ketones is 1. The average molecular weight is 463 g/mol. The Morgan fingerprint density at radius 1 is 1.15 bits per heavy atom. The number of aliphatic hydroxyl groups excluding tert-OH is 1. The maximum absolute atomic E-state index is 13.2. The normalized spacial score (nSPS) is 17.3. The van der Waals surface area contributed by atoms with Crippen molar-refractivity contribution in [3.05, 3.63) is 76.6 Å². The fourth-order valence-corrected chi connectivity index (χ4v) is 4.03. The molecule has 0 radical (unpaired) electrons. The van der Waals surface area contributed by atoms with Crippen LogP contribution in [0.2, 0.25) is 0 Å². The van der Waals surface area contributed by atoms with E-state index >= 15 is 0 Å². The molecule has 3 aromatic rings. The SMILES string of the molecule is CCCOc1cccc(C2/C(=C(\O)c3ccc(OC)c(C)c3)C(=O)C(=O)N2c2cc(C)on2)c1. The van der Waals surface area contributed by atoms with E-state index < -0.39 is 17.7 Å². The Kier molecular flexibility index (Phi) is 6.40. The Hall–Kier alpha value is -4.07. The second-order valence-corrected chi connectivity index (χ2v) is 8.07. The number of hydrogen-bond donors (Lipinski definition) is 1. The van der Waals surface area contributed by atoms with E-state index in [9.17, 15) is 14.7 Å². The standard InChI is InChI=1S/C26H26N2O6/c1-5-11-33-19-8-6-7-17(14-19)23-22(24(29)18-9-10-20(32-4)15(2)12-18)25(30)26(31)28(23)21-13-16(3)34-27-21/h6-10,12-14,23,29H,5,11H2,1-4H3/b24-22+. The van der Waals surface area contributed by atoms with Gasteiger partial charge in [-0.25, -0.2) is 0 Å². The van der Waals surface area contributed by atoms with E-state index in [-0.39, 0.29) is 17.2 Å². The second kappa shape index (κ2) is 9.43. The molecule has 2 aromatic carbocycles. The molecule has 1 saturated heterocycles. The van der Waals surface area contributed by atoms with Crippen LogP contribution in [-0.2, 0) is 9.59 Å². The van der Waals surface area contributed by atoms with E-state index in [2.05, 4.69) is 5.16 Å². The fraction of sp³-hybridized carbons (Fsp3) is 0.269. The Morgan fingerprint density at radius 3 is 2.59 bits per heavy atom. The summed E-state index contributed by atoms with van der Waals surface area (Å²) in [7, 11) is 1.56. The monoisotopic (exact) mass is 462 g/mol. The van der Waals surface area contributed by atoms with Crippen molar-refractivity contribution in [1.82, 2.24) is 5.16 Å². The summed E-state index contributed by atoms with van der Waals surface area (Å²) < 4.78 is 16.2. The lowest BCUT2D eigenvalue weighted by Gasteiger charge is -2.23. The topological polar surface area (TPSA) is 102 Å². The van der Waals surface area contributed by atoms with Crippen molar-refractivity contribution in [3.8, 4) is 11.5 Å². The number of carbonyl (C=O) groups is 2. The van der Waals surface area contributed by atoms with E-state index in [4.69, 9.17) is 14.0 Å². The first kappa shape index (κ1) is 23.1. The van der Waals surface area contributed by atoms with Gasteiger partial charge in [0.1, 0.15) is 23.0 Å². The molecule has 1 fully saturated rings. The van der Waals surface area contributed by atoms with Gasteiger partial charge in [0.05, 0.1) is 25.3 Å². The summed E-state index contributed by atoms with van der Waals surface area (Å²) in [6.45, 7) is 6.06. The minimum absolute atomic E-state index is 0.0390. The number of methoxy groups -OCH3 is 1. The highest BCUT2D eigenvalue weighted by Gasteiger charge is 2.48. The van der Waals surface area contributed by atoms with Gasteiger partial charge in [-0.05, 0) is 61.7 Å². The van der Waals surface area contributed by atoms with Crippen molar-refractivity contribution in [2.45, 2.75) is 33.2 Å². The lowest BCUT2D eigenvalue weighted by molar-refractivity contribution is -0.132. The lowest BCUT2D eigenvalue weighted by atomic mass is 9.94. The molecule has 0 aliphatic carbocycles. The number of Topliss-reactive ketones (excluding diaryl/α,β-unsaturated/α-hetero) is 1. The summed E-state index contributed by atoms with van der Waals surface area (Å²) in [5.74, 6) is 0.0306. The molecule has 176 valence electrons. The van der Waals surface area contributed by atoms with Crippen molar-refractivity contribution in [2.75, 3.05) is 18.6 Å². The minimum Gasteiger partial charge on any atom is -0.507 e. The van der Waals surface area contributed by atoms with Crippen LogP contribution in [0, 0.1) is 13.8 Å². The summed E-state index contributed by atoms with van der Waals surface area (Å²) in [4.78, 5) is 27.7. The number of ether oxygens (including phenoxy) is 2. The smallest absolute Gasteiger partial charge is 0.301 e. The van der Waals surface area contributed by atoms with Crippen LogP contribution in [-0.4, -0.2) is 35.7 Å². The van der Waals surface area contributed by atoms with E-state index in [1.807, 2.05) is 13.8 Å². The number of amides is 1. The Bertz CT molecular complexity index is 1280. The molecule has 34 heavy (non-hydrogen) atoms. The predicted octanol–water partition coefficient (Wildman–Crippen LogP) is 4.72. The zero-order chi connectivity index (χ0) is 24.4. The number of nitrogens with zero attached hydrogens (tertiary/aromatic N) is 2. The van der Waals surface area contributed by atoms with Crippen molar-refractivity contribution in [2.24, 2.45) is 0 Å². The summed E-state index contributed by atoms with van der Waals surface area (Å²) in [6, 6.07) is 12.8. The van der Waals surface area contributed by atoms with Gasteiger partial charge in [0, 0.05) is 11.6 Å². The summed E-state index contributed by atoms with van der Waals surface area (Å²) in [5.41, 5.74) is 1.73. The molecule has 1 aliphatic rings. The summed E-state index contributed by atoms with van der Waals surface area (Å²) in [6.07, 6.45) is 0.831. The number of carbonyl (C=O) groups excluding carboxylic acids is 2. The molecule has 1 aromatic heterocycles. The molecule has 0 saturated carbocycles. The van der Waals surface area contributed by atoms with Crippen LogP contribution in [0.3, 0.4) is 0 Å². The summed E-state index contributed by atoms with van der Waals surface area (Å²) >= 11 is 0. The molecule has 0 bridgehead atoms. The largest absolute Gasteiger partial charge is 0.507 e. The number of aliphatic hydroxyl groups is 1. The predicted molar refractivity (Wildman–Crippen MR) is 126 cm³/mol. The molecule has 8 heteroatoms. The van der Waals surface area contributed by atoms with Crippen LogP contribution in [0.15, 0.2) is 58.6 Å². The number of anilines is 1. The highest BCUT2D eigenvalue weighted by atomic mass is 16.5. The van der Waals surface area contributed by atoms with Gasteiger partial charge in [-0.15, -0.1) is 0 Å². The van der Waals surface area contributed by atoms with Gasteiger partial charge in [-0.1, -0.05) is 24.2 Å². The van der Waals surface area contributed by atoms with Crippen LogP contribution in [0.25, 0.3) is 5.76 Å². The van der Waals surface area contributed by atoms with Gasteiger partial charge in [0.15, 0.2) is 5.82 Å². The average Bonchev–Trinajstić information content (AvgIpc) is 3.37. The van der Waals surface area contributed by atoms with Gasteiger partial charge in [0.2, 0.25) is 0 Å². The van der Waals surface area contributed by atoms with Crippen molar-refractivity contribution < 1.29 is 28.7 Å². The first-order valence-corrected chi connectivity index (χ1v) is 11.0. The quantitative estimate of drug-likeness (QED) is 0.308. The van der Waals surface area contributed by atoms with Crippen molar-refractivity contribution in [1.29, 1.82) is 0 Å². The molecule has 1 N–H and O–H groups in total. The molecule has 0 spiro atoms. The van der Waals surface area contributed by atoms with Gasteiger partial charge in [0.25, 0.3) is 5.78 Å². The first-order valence-electron chi connectivity index (χ1n) is 11.0. The number of benzene rings is 2. The van der Waals surface area contributed by atoms with Crippen LogP contribution < -0.4 is 14.4 Å². The zero-order valence-electron chi connectivity index (χ0n) is 19.5. The maximum Gasteiger partial charge on any atom is 0.301 e. The van der Waals surface area contributed by atoms with Crippen molar-refractivity contribution >= 4 is 23.3 Å². The number of hydrogen-bond acceptors (Lipinski definition) is 7. The number of aryl methyl sites for hydroxylation is 2. The van der Waals surface area contributed by atoms with E-state index in [1.165, 1.54) is 4.90 Å². The maximum atomic E-state index is 13.2. The molecule has 4 rings (SSSR count). The van der Waals surface area contributed by atoms with E-state index in [0.29, 0.717) is 35.0 Å². The van der Waals surface area contributed by atoms with Gasteiger partial charge >= 0.3 is 5.91 Å². The molecular weight excluding hydrogens is 436 g/mol. The van der Waals surface area contributed by atoms with E-state index in [1.54, 1.807) is 62.6 Å². The van der Waals surface area contributed by atoms with E-state index in [0.717, 1.165) is 12.0 Å². The molecule has 2 heterocycles. The molecule has 1 unspecified atom stereocenters. The van der Waals surface area contributed by atoms with Gasteiger partial charge < -0.3 is 19.1 Å². The molecule has 1 atom stereocenters. The lowest BCUT2D eigenvalue weighted by Crippen LogP contribution is -2.29. The van der Waals surface area contributed by atoms with Crippen molar-refractivity contribution in [3.63, 3.8) is 0 Å². The third-order valence-electron chi connectivity index (χ3n) is 5.62. The third kappa shape index (κ3) is 4.14. The van der Waals surface area contributed by atoms with Crippen LogP contribution >= 0.6 is 0 Å². The zero-order valence-corrected chi connectivity index (χ0v) is 19.5. The highest BCUT2D eigenvalue weighted by Crippen LogP contribution is 2.42. The number of aromatic nitrogens is 1. The Balaban J connectivity index is 1.90. The van der Waals surface area contributed by atoms with Crippen LogP contribution in [0.5, 0.6) is 11.5 Å². The molecule has 8 nitrogen and oxygen atoms in total. The van der Waals surface area contributed by atoms with Gasteiger partial charge in [-0.2, -0.15) is 0 Å². The minimum atomic E-state index is -0.919. The van der Waals surface area contributed by atoms with Crippen LogP contribution in [0.1, 0.15) is 41.8 Å². The van der Waals surface area contributed by atoms with Gasteiger partial charge in [-0.3, -0.25) is 14.5 Å². The molecule has 1 amide bonds. The number of rotatable bonds is 7. The summed E-state index contributed by atoms with van der Waals surface area (Å²) in [5, 5.41) is 15.2. The Labute approximate surface area is 197 Å². The van der Waals surface area contributed by atoms with Crippen LogP contribution in [0.4, 0.5) is 5.82 Å². The molecule has 1 aliphatic heterocycles. The third-order valence-corrected chi connectivity index (χ3v) is 5.62. The molecular formula is C26H26N2O6.